The van der Waals surface area contributed by atoms with Crippen LogP contribution in [-0.4, -0.2) is 36.2 Å². The molecule has 2 N–H and O–H groups in total. The van der Waals surface area contributed by atoms with Gasteiger partial charge in [-0.3, -0.25) is 0 Å². The van der Waals surface area contributed by atoms with Crippen molar-refractivity contribution >= 4 is 0 Å². The summed E-state index contributed by atoms with van der Waals surface area (Å²) in [4.78, 5) is 2.36. The smallest absolute Gasteiger partial charge is 0.115 e. The highest BCUT2D eigenvalue weighted by molar-refractivity contribution is 5.27. The molecule has 19 heavy (non-hydrogen) atoms. The average Bonchev–Trinajstić information content (AvgIpc) is 2.40. The van der Waals surface area contributed by atoms with Crippen molar-refractivity contribution in [2.75, 3.05) is 20.1 Å². The Bertz CT molecular complexity index is 348. The van der Waals surface area contributed by atoms with E-state index in [0.717, 1.165) is 25.9 Å². The first-order chi connectivity index (χ1) is 9.04. The zero-order chi connectivity index (χ0) is 14.3. The van der Waals surface area contributed by atoms with Crippen molar-refractivity contribution in [3.63, 3.8) is 0 Å². The van der Waals surface area contributed by atoms with E-state index in [4.69, 9.17) is 0 Å². The highest BCUT2D eigenvalue weighted by Crippen LogP contribution is 2.19. The van der Waals surface area contributed by atoms with E-state index in [1.54, 1.807) is 12.1 Å². The molecule has 0 saturated carbocycles. The molecule has 0 heterocycles. The fourth-order valence-electron chi connectivity index (χ4n) is 2.07. The molecular weight excluding hydrogens is 236 g/mol. The Balaban J connectivity index is 2.35. The predicted octanol–water partition coefficient (Wildman–Crippen LogP) is 3.16. The molecule has 1 aromatic carbocycles. The van der Waals surface area contributed by atoms with Gasteiger partial charge in [-0.25, -0.2) is 0 Å². The second kappa shape index (κ2) is 8.18. The van der Waals surface area contributed by atoms with Gasteiger partial charge >= 0.3 is 0 Å². The first-order valence-corrected chi connectivity index (χ1v) is 7.27. The molecule has 0 aliphatic carbocycles. The molecule has 0 fully saturated rings. The third-order valence-electron chi connectivity index (χ3n) is 3.66. The molecule has 108 valence electrons. The Hall–Kier alpha value is -1.06. The number of rotatable bonds is 8. The van der Waals surface area contributed by atoms with Gasteiger partial charge in [0.2, 0.25) is 0 Å². The Kier molecular flexibility index (Phi) is 6.89. The second-order valence-electron chi connectivity index (χ2n) is 5.43. The molecule has 0 aromatic heterocycles. The first-order valence-electron chi connectivity index (χ1n) is 7.27. The molecule has 0 bridgehead atoms. The molecule has 0 aliphatic rings. The van der Waals surface area contributed by atoms with Gasteiger partial charge in [-0.15, -0.1) is 0 Å². The first kappa shape index (κ1) is 16.0. The SMILES string of the molecule is CCC(NCCCN(C)C(C)C)c1ccc(O)cc1. The van der Waals surface area contributed by atoms with E-state index < -0.39 is 0 Å². The second-order valence-corrected chi connectivity index (χ2v) is 5.43. The van der Waals surface area contributed by atoms with Crippen LogP contribution in [0.4, 0.5) is 0 Å². The number of phenols is 1. The number of nitrogens with zero attached hydrogens (tertiary/aromatic N) is 1. The Morgan fingerprint density at radius 3 is 2.37 bits per heavy atom. The van der Waals surface area contributed by atoms with Gasteiger partial charge in [0.1, 0.15) is 5.75 Å². The highest BCUT2D eigenvalue weighted by atomic mass is 16.3. The molecule has 1 unspecified atom stereocenters. The van der Waals surface area contributed by atoms with Crippen LogP contribution < -0.4 is 5.32 Å². The van der Waals surface area contributed by atoms with Gasteiger partial charge in [-0.1, -0.05) is 19.1 Å². The molecule has 0 saturated heterocycles. The molecule has 3 heteroatoms. The summed E-state index contributed by atoms with van der Waals surface area (Å²) >= 11 is 0. The molecule has 3 nitrogen and oxygen atoms in total. The van der Waals surface area contributed by atoms with Crippen LogP contribution in [0.5, 0.6) is 5.75 Å². The van der Waals surface area contributed by atoms with E-state index in [-0.39, 0.29) is 0 Å². The lowest BCUT2D eigenvalue weighted by Gasteiger charge is -2.22. The molecule has 1 atom stereocenters. The van der Waals surface area contributed by atoms with E-state index in [1.165, 1.54) is 5.56 Å². The summed E-state index contributed by atoms with van der Waals surface area (Å²) in [5.41, 5.74) is 1.25. The lowest BCUT2D eigenvalue weighted by Crippen LogP contribution is -2.30. The molecule has 0 amide bonds. The molecule has 0 aliphatic heterocycles. The monoisotopic (exact) mass is 264 g/mol. The topological polar surface area (TPSA) is 35.5 Å². The minimum absolute atomic E-state index is 0.331. The van der Waals surface area contributed by atoms with E-state index >= 15 is 0 Å². The minimum atomic E-state index is 0.331. The lowest BCUT2D eigenvalue weighted by atomic mass is 10.0. The summed E-state index contributed by atoms with van der Waals surface area (Å²) in [6.07, 6.45) is 2.22. The van der Waals surface area contributed by atoms with Crippen LogP contribution in [0.15, 0.2) is 24.3 Å². The standard InChI is InChI=1S/C16H28N2O/c1-5-16(14-7-9-15(19)10-8-14)17-11-6-12-18(4)13(2)3/h7-10,13,16-17,19H,5-6,11-12H2,1-4H3. The van der Waals surface area contributed by atoms with Crippen molar-refractivity contribution in [1.29, 1.82) is 0 Å². The molecule has 0 radical (unpaired) electrons. The van der Waals surface area contributed by atoms with Gasteiger partial charge < -0.3 is 15.3 Å². The van der Waals surface area contributed by atoms with Crippen molar-refractivity contribution in [2.24, 2.45) is 0 Å². The van der Waals surface area contributed by atoms with Crippen molar-refractivity contribution < 1.29 is 5.11 Å². The van der Waals surface area contributed by atoms with Crippen LogP contribution in [-0.2, 0) is 0 Å². The summed E-state index contributed by atoms with van der Waals surface area (Å²) in [5.74, 6) is 0.331. The third kappa shape index (κ3) is 5.62. The van der Waals surface area contributed by atoms with Gasteiger partial charge in [0, 0.05) is 12.1 Å². The fraction of sp³-hybridized carbons (Fsp3) is 0.625. The zero-order valence-electron chi connectivity index (χ0n) is 12.7. The van der Waals surface area contributed by atoms with Crippen LogP contribution in [0.25, 0.3) is 0 Å². The van der Waals surface area contributed by atoms with Crippen LogP contribution in [0.2, 0.25) is 0 Å². The van der Waals surface area contributed by atoms with Crippen molar-refractivity contribution in [1.82, 2.24) is 10.2 Å². The van der Waals surface area contributed by atoms with E-state index in [9.17, 15) is 5.11 Å². The average molecular weight is 264 g/mol. The fourth-order valence-corrected chi connectivity index (χ4v) is 2.07. The minimum Gasteiger partial charge on any atom is -0.508 e. The quantitative estimate of drug-likeness (QED) is 0.708. The van der Waals surface area contributed by atoms with Crippen LogP contribution in [0, 0.1) is 0 Å². The Labute approximate surface area is 117 Å². The maximum atomic E-state index is 9.31. The van der Waals surface area contributed by atoms with E-state index in [2.05, 4.69) is 38.0 Å². The Morgan fingerprint density at radius 2 is 1.84 bits per heavy atom. The third-order valence-corrected chi connectivity index (χ3v) is 3.66. The van der Waals surface area contributed by atoms with Gasteiger partial charge in [-0.05, 0) is 64.5 Å². The van der Waals surface area contributed by atoms with Gasteiger partial charge in [0.15, 0.2) is 0 Å². The summed E-state index contributed by atoms with van der Waals surface area (Å²) in [6, 6.07) is 8.50. The van der Waals surface area contributed by atoms with Gasteiger partial charge in [0.05, 0.1) is 0 Å². The summed E-state index contributed by atoms with van der Waals surface area (Å²) in [7, 11) is 2.17. The van der Waals surface area contributed by atoms with E-state index in [0.29, 0.717) is 17.8 Å². The number of aromatic hydroxyl groups is 1. The Morgan fingerprint density at radius 1 is 1.21 bits per heavy atom. The van der Waals surface area contributed by atoms with Crippen molar-refractivity contribution in [3.8, 4) is 5.75 Å². The number of benzene rings is 1. The van der Waals surface area contributed by atoms with Crippen molar-refractivity contribution in [2.45, 2.75) is 45.7 Å². The summed E-state index contributed by atoms with van der Waals surface area (Å²) in [5, 5.41) is 12.9. The van der Waals surface area contributed by atoms with Gasteiger partial charge in [0.25, 0.3) is 0 Å². The van der Waals surface area contributed by atoms with Crippen LogP contribution >= 0.6 is 0 Å². The highest BCUT2D eigenvalue weighted by Gasteiger charge is 2.08. The maximum Gasteiger partial charge on any atom is 0.115 e. The van der Waals surface area contributed by atoms with E-state index in [1.807, 2.05) is 12.1 Å². The largest absolute Gasteiger partial charge is 0.508 e. The lowest BCUT2D eigenvalue weighted by molar-refractivity contribution is 0.267. The number of phenolic OH excluding ortho intramolecular Hbond substituents is 1. The molecule has 1 rings (SSSR count). The molecule has 1 aromatic rings. The number of hydrogen-bond donors (Lipinski definition) is 2. The molecular formula is C16H28N2O. The predicted molar refractivity (Wildman–Crippen MR) is 81.5 cm³/mol. The normalized spacial score (nSPS) is 13.2. The number of nitrogens with one attached hydrogen (secondary N) is 1. The number of hydrogen-bond acceptors (Lipinski definition) is 3. The maximum absolute atomic E-state index is 9.31. The molecule has 0 spiro atoms. The van der Waals surface area contributed by atoms with Crippen LogP contribution in [0.3, 0.4) is 0 Å². The van der Waals surface area contributed by atoms with Gasteiger partial charge in [-0.2, -0.15) is 0 Å². The van der Waals surface area contributed by atoms with Crippen molar-refractivity contribution in [3.05, 3.63) is 29.8 Å². The van der Waals surface area contributed by atoms with Crippen LogP contribution in [0.1, 0.15) is 45.2 Å². The summed E-state index contributed by atoms with van der Waals surface area (Å²) < 4.78 is 0. The zero-order valence-corrected chi connectivity index (χ0v) is 12.7. The summed E-state index contributed by atoms with van der Waals surface area (Å²) in [6.45, 7) is 8.77.